The molecule has 0 aliphatic carbocycles. The van der Waals surface area contributed by atoms with Crippen molar-refractivity contribution >= 4 is 0 Å². The third-order valence-corrected chi connectivity index (χ3v) is 3.22. The molecule has 108 valence electrons. The monoisotopic (exact) mass is 266 g/mol. The van der Waals surface area contributed by atoms with Crippen molar-refractivity contribution in [2.24, 2.45) is 0 Å². The maximum Gasteiger partial charge on any atom is 0.119 e. The van der Waals surface area contributed by atoms with E-state index < -0.39 is 6.10 Å². The Morgan fingerprint density at radius 3 is 2.68 bits per heavy atom. The molecule has 0 aliphatic rings. The van der Waals surface area contributed by atoms with Gasteiger partial charge in [0.15, 0.2) is 0 Å². The van der Waals surface area contributed by atoms with Gasteiger partial charge in [0.1, 0.15) is 5.75 Å². The molecular weight excluding hydrogens is 240 g/mol. The van der Waals surface area contributed by atoms with Crippen LogP contribution in [-0.2, 0) is 0 Å². The molecule has 4 heteroatoms. The summed E-state index contributed by atoms with van der Waals surface area (Å²) in [6, 6.07) is 7.68. The normalized spacial score (nSPS) is 14.4. The van der Waals surface area contributed by atoms with Crippen molar-refractivity contribution in [2.45, 2.75) is 25.5 Å². The van der Waals surface area contributed by atoms with Crippen LogP contribution in [0.4, 0.5) is 0 Å². The van der Waals surface area contributed by atoms with Gasteiger partial charge < -0.3 is 20.1 Å². The second-order valence-corrected chi connectivity index (χ2v) is 4.99. The van der Waals surface area contributed by atoms with Gasteiger partial charge in [-0.3, -0.25) is 0 Å². The van der Waals surface area contributed by atoms with Crippen LogP contribution in [0.25, 0.3) is 0 Å². The highest BCUT2D eigenvalue weighted by Crippen LogP contribution is 2.22. The fourth-order valence-corrected chi connectivity index (χ4v) is 2.01. The van der Waals surface area contributed by atoms with Crippen molar-refractivity contribution in [3.8, 4) is 5.75 Å². The van der Waals surface area contributed by atoms with Crippen LogP contribution in [-0.4, -0.2) is 50.3 Å². The summed E-state index contributed by atoms with van der Waals surface area (Å²) in [6.07, 6.45) is 0.369. The molecule has 0 heterocycles. The largest absolute Gasteiger partial charge is 0.497 e. The molecule has 0 saturated carbocycles. The predicted octanol–water partition coefficient (Wildman–Crippen LogP) is 1.66. The number of rotatable bonds is 8. The number of aliphatic hydroxyl groups is 1. The minimum absolute atomic E-state index is 0.0621. The summed E-state index contributed by atoms with van der Waals surface area (Å²) in [6.45, 7) is 3.91. The van der Waals surface area contributed by atoms with Crippen molar-refractivity contribution in [3.63, 3.8) is 0 Å². The van der Waals surface area contributed by atoms with Gasteiger partial charge in [0.05, 0.1) is 13.2 Å². The van der Waals surface area contributed by atoms with Crippen LogP contribution in [0, 0.1) is 0 Å². The van der Waals surface area contributed by atoms with Crippen LogP contribution in [0.5, 0.6) is 5.75 Å². The first-order chi connectivity index (χ1) is 9.08. The molecule has 0 fully saturated rings. The fourth-order valence-electron chi connectivity index (χ4n) is 2.01. The lowest BCUT2D eigenvalue weighted by molar-refractivity contribution is 0.124. The molecule has 1 rings (SSSR count). The lowest BCUT2D eigenvalue weighted by Crippen LogP contribution is -2.38. The Hall–Kier alpha value is -1.10. The minimum Gasteiger partial charge on any atom is -0.497 e. The highest BCUT2D eigenvalue weighted by Gasteiger charge is 2.18. The van der Waals surface area contributed by atoms with Gasteiger partial charge >= 0.3 is 0 Å². The number of benzene rings is 1. The van der Waals surface area contributed by atoms with E-state index in [0.717, 1.165) is 30.8 Å². The Bertz CT molecular complexity index is 369. The van der Waals surface area contributed by atoms with Crippen molar-refractivity contribution in [2.75, 3.05) is 34.3 Å². The Kier molecular flexibility index (Phi) is 6.84. The molecule has 4 nitrogen and oxygen atoms in total. The van der Waals surface area contributed by atoms with E-state index in [1.165, 1.54) is 0 Å². The summed E-state index contributed by atoms with van der Waals surface area (Å²) in [5, 5.41) is 13.8. The van der Waals surface area contributed by atoms with Gasteiger partial charge in [0.2, 0.25) is 0 Å². The number of nitrogens with zero attached hydrogens (tertiary/aromatic N) is 1. The zero-order valence-electron chi connectivity index (χ0n) is 12.4. The SMILES string of the molecule is CCC(NCCN(C)C)C(O)c1cccc(OC)c1. The van der Waals surface area contributed by atoms with E-state index in [2.05, 4.69) is 17.1 Å². The lowest BCUT2D eigenvalue weighted by atomic mass is 10.00. The smallest absolute Gasteiger partial charge is 0.119 e. The third-order valence-electron chi connectivity index (χ3n) is 3.22. The summed E-state index contributed by atoms with van der Waals surface area (Å²) in [5.41, 5.74) is 0.892. The van der Waals surface area contributed by atoms with Crippen LogP contribution >= 0.6 is 0 Å². The Morgan fingerprint density at radius 2 is 2.11 bits per heavy atom. The number of ether oxygens (including phenoxy) is 1. The molecule has 0 aromatic heterocycles. The molecule has 2 unspecified atom stereocenters. The maximum absolute atomic E-state index is 10.4. The number of hydrogen-bond acceptors (Lipinski definition) is 4. The van der Waals surface area contributed by atoms with Crippen LogP contribution in [0.15, 0.2) is 24.3 Å². The van der Waals surface area contributed by atoms with Gasteiger partial charge in [-0.2, -0.15) is 0 Å². The van der Waals surface area contributed by atoms with E-state index in [9.17, 15) is 5.11 Å². The van der Waals surface area contributed by atoms with E-state index in [0.29, 0.717) is 0 Å². The van der Waals surface area contributed by atoms with Crippen molar-refractivity contribution in [3.05, 3.63) is 29.8 Å². The molecule has 19 heavy (non-hydrogen) atoms. The highest BCUT2D eigenvalue weighted by atomic mass is 16.5. The molecule has 0 saturated heterocycles. The first kappa shape index (κ1) is 16.0. The molecule has 1 aromatic carbocycles. The number of nitrogens with one attached hydrogen (secondary N) is 1. The quantitative estimate of drug-likeness (QED) is 0.751. The number of hydrogen-bond donors (Lipinski definition) is 2. The van der Waals surface area contributed by atoms with Gasteiger partial charge in [0, 0.05) is 19.1 Å². The van der Waals surface area contributed by atoms with Crippen molar-refractivity contribution in [1.29, 1.82) is 0 Å². The van der Waals surface area contributed by atoms with Crippen LogP contribution < -0.4 is 10.1 Å². The average Bonchev–Trinajstić information content (AvgIpc) is 2.42. The van der Waals surface area contributed by atoms with Crippen molar-refractivity contribution < 1.29 is 9.84 Å². The highest BCUT2D eigenvalue weighted by molar-refractivity contribution is 5.30. The standard InChI is InChI=1S/C15H26N2O2/c1-5-14(16-9-10-17(2)3)15(18)12-7-6-8-13(11-12)19-4/h6-8,11,14-16,18H,5,9-10H2,1-4H3. The second-order valence-electron chi connectivity index (χ2n) is 4.99. The number of aliphatic hydroxyl groups excluding tert-OH is 1. The molecule has 1 aromatic rings. The molecular formula is C15H26N2O2. The summed E-state index contributed by atoms with van der Waals surface area (Å²) in [4.78, 5) is 2.12. The van der Waals surface area contributed by atoms with Crippen molar-refractivity contribution in [1.82, 2.24) is 10.2 Å². The zero-order chi connectivity index (χ0) is 14.3. The van der Waals surface area contributed by atoms with E-state index in [4.69, 9.17) is 4.74 Å². The Balaban J connectivity index is 2.63. The number of methoxy groups -OCH3 is 1. The van der Waals surface area contributed by atoms with Crippen LogP contribution in [0.1, 0.15) is 25.0 Å². The van der Waals surface area contributed by atoms with E-state index in [-0.39, 0.29) is 6.04 Å². The molecule has 0 aliphatic heterocycles. The van der Waals surface area contributed by atoms with Gasteiger partial charge in [-0.1, -0.05) is 19.1 Å². The topological polar surface area (TPSA) is 44.7 Å². The second kappa shape index (κ2) is 8.15. The van der Waals surface area contributed by atoms with Gasteiger partial charge in [-0.25, -0.2) is 0 Å². The Labute approximate surface area is 116 Å². The van der Waals surface area contributed by atoms with E-state index in [1.54, 1.807) is 7.11 Å². The average molecular weight is 266 g/mol. The molecule has 0 spiro atoms. The van der Waals surface area contributed by atoms with Gasteiger partial charge in [0.25, 0.3) is 0 Å². The molecule has 0 bridgehead atoms. The summed E-state index contributed by atoms with van der Waals surface area (Å²) >= 11 is 0. The molecule has 0 radical (unpaired) electrons. The number of likely N-dealkylation sites (N-methyl/N-ethyl adjacent to an activating group) is 1. The summed E-state index contributed by atoms with van der Waals surface area (Å²) in [7, 11) is 5.72. The molecule has 0 amide bonds. The van der Waals surface area contributed by atoms with E-state index >= 15 is 0 Å². The van der Waals surface area contributed by atoms with E-state index in [1.807, 2.05) is 38.4 Å². The van der Waals surface area contributed by atoms with Gasteiger partial charge in [-0.15, -0.1) is 0 Å². The first-order valence-corrected chi connectivity index (χ1v) is 6.78. The predicted molar refractivity (Wildman–Crippen MR) is 78.6 cm³/mol. The first-order valence-electron chi connectivity index (χ1n) is 6.78. The van der Waals surface area contributed by atoms with Gasteiger partial charge in [-0.05, 0) is 38.2 Å². The summed E-state index contributed by atoms with van der Waals surface area (Å²) < 4.78 is 5.19. The zero-order valence-corrected chi connectivity index (χ0v) is 12.4. The third kappa shape index (κ3) is 5.19. The maximum atomic E-state index is 10.4. The molecule has 2 N–H and O–H groups in total. The van der Waals surface area contributed by atoms with Crippen LogP contribution in [0.3, 0.4) is 0 Å². The summed E-state index contributed by atoms with van der Waals surface area (Å²) in [5.74, 6) is 0.777. The Morgan fingerprint density at radius 1 is 1.37 bits per heavy atom. The molecule has 2 atom stereocenters. The lowest BCUT2D eigenvalue weighted by Gasteiger charge is -2.24. The fraction of sp³-hybridized carbons (Fsp3) is 0.600. The minimum atomic E-state index is -0.512. The van der Waals surface area contributed by atoms with Crippen LogP contribution in [0.2, 0.25) is 0 Å².